The third-order valence-corrected chi connectivity index (χ3v) is 2.28. The maximum atomic E-state index is 13.0. The van der Waals surface area contributed by atoms with E-state index in [1.54, 1.807) is 6.07 Å². The Balaban J connectivity index is 2.88. The maximum absolute atomic E-state index is 13.0. The van der Waals surface area contributed by atoms with Gasteiger partial charge in [-0.3, -0.25) is 0 Å². The van der Waals surface area contributed by atoms with Crippen molar-refractivity contribution in [2.75, 3.05) is 18.5 Å². The summed E-state index contributed by atoms with van der Waals surface area (Å²) >= 11 is 3.07. The van der Waals surface area contributed by atoms with Crippen LogP contribution in [-0.4, -0.2) is 13.2 Å². The zero-order chi connectivity index (χ0) is 9.84. The molecular weight excluding hydrogens is 240 g/mol. The average molecular weight is 250 g/mol. The second-order valence-electron chi connectivity index (χ2n) is 2.70. The molecule has 0 amide bonds. The SMILES string of the molecule is Cc1cc(Br)c(F)cc1NCCF. The minimum Gasteiger partial charge on any atom is -0.382 e. The van der Waals surface area contributed by atoms with Crippen LogP contribution in [-0.2, 0) is 0 Å². The zero-order valence-corrected chi connectivity index (χ0v) is 8.79. The minimum absolute atomic E-state index is 0.210. The van der Waals surface area contributed by atoms with Gasteiger partial charge in [-0.15, -0.1) is 0 Å². The van der Waals surface area contributed by atoms with Crippen molar-refractivity contribution in [3.05, 3.63) is 28.0 Å². The largest absolute Gasteiger partial charge is 0.382 e. The van der Waals surface area contributed by atoms with E-state index in [9.17, 15) is 8.78 Å². The van der Waals surface area contributed by atoms with Crippen molar-refractivity contribution in [3.8, 4) is 0 Å². The van der Waals surface area contributed by atoms with E-state index in [0.717, 1.165) is 5.56 Å². The number of hydrogen-bond acceptors (Lipinski definition) is 1. The van der Waals surface area contributed by atoms with Gasteiger partial charge in [-0.2, -0.15) is 0 Å². The van der Waals surface area contributed by atoms with Crippen molar-refractivity contribution >= 4 is 21.6 Å². The molecular formula is C9H10BrF2N. The Morgan fingerprint density at radius 2 is 2.15 bits per heavy atom. The van der Waals surface area contributed by atoms with E-state index in [1.165, 1.54) is 6.07 Å². The number of benzene rings is 1. The van der Waals surface area contributed by atoms with E-state index in [2.05, 4.69) is 21.2 Å². The molecule has 1 nitrogen and oxygen atoms in total. The molecule has 1 aromatic rings. The first-order valence-electron chi connectivity index (χ1n) is 3.90. The molecule has 1 aromatic carbocycles. The van der Waals surface area contributed by atoms with Crippen LogP contribution in [0.25, 0.3) is 0 Å². The highest BCUT2D eigenvalue weighted by Gasteiger charge is 2.04. The summed E-state index contributed by atoms with van der Waals surface area (Å²) < 4.78 is 25.3. The molecule has 0 heterocycles. The molecule has 1 N–H and O–H groups in total. The second kappa shape index (κ2) is 4.56. The summed E-state index contributed by atoms with van der Waals surface area (Å²) in [4.78, 5) is 0. The molecule has 0 aliphatic rings. The second-order valence-corrected chi connectivity index (χ2v) is 3.55. The topological polar surface area (TPSA) is 12.0 Å². The lowest BCUT2D eigenvalue weighted by atomic mass is 10.2. The van der Waals surface area contributed by atoms with E-state index >= 15 is 0 Å². The third-order valence-electron chi connectivity index (χ3n) is 1.68. The molecule has 0 saturated carbocycles. The number of anilines is 1. The highest BCUT2D eigenvalue weighted by atomic mass is 79.9. The van der Waals surface area contributed by atoms with Crippen LogP contribution in [0.5, 0.6) is 0 Å². The lowest BCUT2D eigenvalue weighted by molar-refractivity contribution is 0.512. The summed E-state index contributed by atoms with van der Waals surface area (Å²) in [6.45, 7) is 1.59. The van der Waals surface area contributed by atoms with Crippen LogP contribution in [0.4, 0.5) is 14.5 Å². The summed E-state index contributed by atoms with van der Waals surface area (Å²) in [7, 11) is 0. The fourth-order valence-corrected chi connectivity index (χ4v) is 1.48. The molecule has 0 unspecified atom stereocenters. The summed E-state index contributed by atoms with van der Waals surface area (Å²) in [5.74, 6) is -0.341. The molecule has 13 heavy (non-hydrogen) atoms. The van der Waals surface area contributed by atoms with Gasteiger partial charge in [0.15, 0.2) is 0 Å². The van der Waals surface area contributed by atoms with Crippen LogP contribution < -0.4 is 5.32 Å². The molecule has 0 spiro atoms. The van der Waals surface area contributed by atoms with E-state index < -0.39 is 6.67 Å². The Labute approximate surface area is 84.3 Å². The Morgan fingerprint density at radius 3 is 2.77 bits per heavy atom. The predicted molar refractivity (Wildman–Crippen MR) is 53.3 cm³/mol. The molecule has 0 saturated heterocycles. The van der Waals surface area contributed by atoms with E-state index in [1.807, 2.05) is 6.92 Å². The lowest BCUT2D eigenvalue weighted by Gasteiger charge is -2.08. The van der Waals surface area contributed by atoms with Gasteiger partial charge in [-0.1, -0.05) is 0 Å². The molecule has 0 aliphatic carbocycles. The Bertz CT molecular complexity index is 302. The fraction of sp³-hybridized carbons (Fsp3) is 0.333. The average Bonchev–Trinajstić information content (AvgIpc) is 2.09. The van der Waals surface area contributed by atoms with Gasteiger partial charge in [0.25, 0.3) is 0 Å². The first kappa shape index (κ1) is 10.4. The first-order chi connectivity index (χ1) is 6.15. The van der Waals surface area contributed by atoms with Gasteiger partial charge in [0.1, 0.15) is 12.5 Å². The van der Waals surface area contributed by atoms with Crippen LogP contribution in [0.3, 0.4) is 0 Å². The van der Waals surface area contributed by atoms with Crippen LogP contribution >= 0.6 is 15.9 Å². The Kier molecular flexibility index (Phi) is 3.66. The highest BCUT2D eigenvalue weighted by molar-refractivity contribution is 9.10. The van der Waals surface area contributed by atoms with Gasteiger partial charge in [-0.05, 0) is 40.5 Å². The minimum atomic E-state index is -0.461. The van der Waals surface area contributed by atoms with Crippen molar-refractivity contribution in [1.29, 1.82) is 0 Å². The standard InChI is InChI=1S/C9H10BrF2N/c1-6-4-7(10)8(12)5-9(6)13-3-2-11/h4-5,13H,2-3H2,1H3. The van der Waals surface area contributed by atoms with Crippen molar-refractivity contribution in [1.82, 2.24) is 0 Å². The monoisotopic (exact) mass is 249 g/mol. The number of hydrogen-bond donors (Lipinski definition) is 1. The Morgan fingerprint density at radius 1 is 1.46 bits per heavy atom. The molecule has 4 heteroatoms. The van der Waals surface area contributed by atoms with Crippen molar-refractivity contribution in [2.24, 2.45) is 0 Å². The first-order valence-corrected chi connectivity index (χ1v) is 4.70. The van der Waals surface area contributed by atoms with Gasteiger partial charge >= 0.3 is 0 Å². The van der Waals surface area contributed by atoms with Crippen LogP contribution in [0, 0.1) is 12.7 Å². The summed E-state index contributed by atoms with van der Waals surface area (Å²) in [6, 6.07) is 3.02. The molecule has 0 aliphatic heterocycles. The maximum Gasteiger partial charge on any atom is 0.139 e. The van der Waals surface area contributed by atoms with Crippen molar-refractivity contribution < 1.29 is 8.78 Å². The van der Waals surface area contributed by atoms with E-state index in [4.69, 9.17) is 0 Å². The lowest BCUT2D eigenvalue weighted by Crippen LogP contribution is -2.04. The Hall–Kier alpha value is -0.640. The zero-order valence-electron chi connectivity index (χ0n) is 7.20. The quantitative estimate of drug-likeness (QED) is 0.867. The number of aryl methyl sites for hydroxylation is 1. The van der Waals surface area contributed by atoms with Gasteiger partial charge in [0, 0.05) is 12.2 Å². The summed E-state index contributed by atoms with van der Waals surface area (Å²) in [6.07, 6.45) is 0. The van der Waals surface area contributed by atoms with Gasteiger partial charge in [0.2, 0.25) is 0 Å². The fourth-order valence-electron chi connectivity index (χ4n) is 1.02. The summed E-state index contributed by atoms with van der Waals surface area (Å²) in [5, 5.41) is 2.79. The molecule has 0 radical (unpaired) electrons. The van der Waals surface area contributed by atoms with Crippen LogP contribution in [0.15, 0.2) is 16.6 Å². The molecule has 0 aromatic heterocycles. The van der Waals surface area contributed by atoms with Crippen LogP contribution in [0.2, 0.25) is 0 Å². The number of alkyl halides is 1. The van der Waals surface area contributed by atoms with E-state index in [-0.39, 0.29) is 12.4 Å². The molecule has 0 atom stereocenters. The normalized spacial score (nSPS) is 10.2. The number of halogens is 3. The molecule has 0 bridgehead atoms. The summed E-state index contributed by atoms with van der Waals surface area (Å²) in [5.41, 5.74) is 1.53. The molecule has 72 valence electrons. The smallest absolute Gasteiger partial charge is 0.139 e. The van der Waals surface area contributed by atoms with Gasteiger partial charge in [0.05, 0.1) is 4.47 Å². The van der Waals surface area contributed by atoms with Gasteiger partial charge in [-0.25, -0.2) is 8.78 Å². The molecule has 0 fully saturated rings. The molecule has 1 rings (SSSR count). The van der Waals surface area contributed by atoms with Crippen molar-refractivity contribution in [2.45, 2.75) is 6.92 Å². The van der Waals surface area contributed by atoms with E-state index in [0.29, 0.717) is 10.2 Å². The predicted octanol–water partition coefficient (Wildman–Crippen LogP) is 3.28. The third kappa shape index (κ3) is 2.66. The number of nitrogens with one attached hydrogen (secondary N) is 1. The number of rotatable bonds is 3. The van der Waals surface area contributed by atoms with Crippen molar-refractivity contribution in [3.63, 3.8) is 0 Å². The highest BCUT2D eigenvalue weighted by Crippen LogP contribution is 2.23. The van der Waals surface area contributed by atoms with Gasteiger partial charge < -0.3 is 5.32 Å². The van der Waals surface area contributed by atoms with Crippen LogP contribution in [0.1, 0.15) is 5.56 Å².